The number of halogens is 1. The average Bonchev–Trinajstić information content (AvgIpc) is 2.43. The van der Waals surface area contributed by atoms with Crippen molar-refractivity contribution < 1.29 is 13.9 Å². The molecular weight excluding hydrogens is 245 g/mol. The summed E-state index contributed by atoms with van der Waals surface area (Å²) in [6.07, 6.45) is 4.43. The van der Waals surface area contributed by atoms with Gasteiger partial charge in [0, 0.05) is 12.5 Å². The Morgan fingerprint density at radius 1 is 1.26 bits per heavy atom. The van der Waals surface area contributed by atoms with Crippen LogP contribution in [0.3, 0.4) is 0 Å². The van der Waals surface area contributed by atoms with Crippen LogP contribution in [-0.2, 0) is 4.79 Å². The van der Waals surface area contributed by atoms with Crippen LogP contribution < -0.4 is 10.1 Å². The number of carbonyl (C=O) groups is 1. The average molecular weight is 265 g/mol. The Kier molecular flexibility index (Phi) is 4.77. The molecule has 1 aliphatic rings. The molecule has 1 saturated carbocycles. The molecule has 3 nitrogen and oxygen atoms in total. The van der Waals surface area contributed by atoms with Crippen LogP contribution in [0, 0.1) is 5.82 Å². The van der Waals surface area contributed by atoms with E-state index in [-0.39, 0.29) is 23.9 Å². The molecule has 4 heteroatoms. The topological polar surface area (TPSA) is 38.3 Å². The molecule has 1 aliphatic carbocycles. The van der Waals surface area contributed by atoms with Crippen molar-refractivity contribution in [2.75, 3.05) is 0 Å². The van der Waals surface area contributed by atoms with Gasteiger partial charge in [0.1, 0.15) is 11.6 Å². The van der Waals surface area contributed by atoms with E-state index in [0.717, 1.165) is 25.7 Å². The summed E-state index contributed by atoms with van der Waals surface area (Å²) >= 11 is 0. The highest BCUT2D eigenvalue weighted by atomic mass is 19.1. The van der Waals surface area contributed by atoms with Gasteiger partial charge in [0.05, 0.1) is 6.10 Å². The van der Waals surface area contributed by atoms with Gasteiger partial charge in [0.2, 0.25) is 5.91 Å². The minimum absolute atomic E-state index is 0.114. The second kappa shape index (κ2) is 6.55. The first kappa shape index (κ1) is 13.8. The molecule has 1 amide bonds. The lowest BCUT2D eigenvalue weighted by molar-refractivity contribution is -0.121. The minimum atomic E-state index is -0.252. The quantitative estimate of drug-likeness (QED) is 0.908. The summed E-state index contributed by atoms with van der Waals surface area (Å²) < 4.78 is 18.6. The van der Waals surface area contributed by atoms with Gasteiger partial charge >= 0.3 is 0 Å². The van der Waals surface area contributed by atoms with Gasteiger partial charge in [-0.3, -0.25) is 4.79 Å². The normalized spacial score (nSPS) is 22.8. The summed E-state index contributed by atoms with van der Waals surface area (Å²) in [5, 5.41) is 3.02. The van der Waals surface area contributed by atoms with Crippen LogP contribution in [0.1, 0.15) is 39.0 Å². The van der Waals surface area contributed by atoms with E-state index in [1.807, 2.05) is 6.92 Å². The minimum Gasteiger partial charge on any atom is -0.490 e. The molecule has 19 heavy (non-hydrogen) atoms. The first-order valence-corrected chi connectivity index (χ1v) is 6.89. The zero-order valence-corrected chi connectivity index (χ0v) is 11.2. The van der Waals surface area contributed by atoms with Crippen LogP contribution in [0.2, 0.25) is 0 Å². The van der Waals surface area contributed by atoms with Crippen LogP contribution in [0.25, 0.3) is 0 Å². The van der Waals surface area contributed by atoms with E-state index < -0.39 is 0 Å². The molecule has 1 N–H and O–H groups in total. The third-order valence-electron chi connectivity index (χ3n) is 3.48. The molecule has 0 atom stereocenters. The molecule has 0 spiro atoms. The van der Waals surface area contributed by atoms with Crippen molar-refractivity contribution in [3.63, 3.8) is 0 Å². The number of ether oxygens (including phenoxy) is 1. The lowest BCUT2D eigenvalue weighted by Crippen LogP contribution is -2.39. The van der Waals surface area contributed by atoms with E-state index in [1.54, 1.807) is 12.1 Å². The molecule has 1 aromatic rings. The maximum Gasteiger partial charge on any atom is 0.219 e. The summed E-state index contributed by atoms with van der Waals surface area (Å²) in [6.45, 7) is 1.86. The lowest BCUT2D eigenvalue weighted by atomic mass is 9.93. The van der Waals surface area contributed by atoms with Crippen molar-refractivity contribution in [1.29, 1.82) is 0 Å². The second-order valence-corrected chi connectivity index (χ2v) is 4.97. The third kappa shape index (κ3) is 4.23. The van der Waals surface area contributed by atoms with Crippen molar-refractivity contribution >= 4 is 5.91 Å². The molecule has 0 heterocycles. The molecule has 1 aromatic carbocycles. The van der Waals surface area contributed by atoms with Gasteiger partial charge in [-0.2, -0.15) is 0 Å². The largest absolute Gasteiger partial charge is 0.490 e. The molecule has 2 rings (SSSR count). The van der Waals surface area contributed by atoms with Gasteiger partial charge in [0.25, 0.3) is 0 Å². The molecule has 0 saturated heterocycles. The number of hydrogen-bond acceptors (Lipinski definition) is 2. The van der Waals surface area contributed by atoms with Crippen molar-refractivity contribution in [3.8, 4) is 5.75 Å². The molecular formula is C15H20FNO2. The van der Waals surface area contributed by atoms with E-state index in [9.17, 15) is 9.18 Å². The fourth-order valence-electron chi connectivity index (χ4n) is 2.36. The van der Waals surface area contributed by atoms with E-state index in [1.165, 1.54) is 12.1 Å². The standard InChI is InChI=1S/C15H20FNO2/c1-2-15(18)17-12-5-9-14(10-6-12)19-13-7-3-11(16)4-8-13/h3-4,7-8,12,14H,2,5-6,9-10H2,1H3,(H,17,18). The lowest BCUT2D eigenvalue weighted by Gasteiger charge is -2.29. The number of nitrogens with one attached hydrogen (secondary N) is 1. The fourth-order valence-corrected chi connectivity index (χ4v) is 2.36. The molecule has 0 aromatic heterocycles. The van der Waals surface area contributed by atoms with E-state index in [2.05, 4.69) is 5.32 Å². The van der Waals surface area contributed by atoms with Crippen LogP contribution in [0.5, 0.6) is 5.75 Å². The van der Waals surface area contributed by atoms with Gasteiger partial charge in [-0.15, -0.1) is 0 Å². The molecule has 1 fully saturated rings. The first-order chi connectivity index (χ1) is 9.17. The third-order valence-corrected chi connectivity index (χ3v) is 3.48. The molecule has 104 valence electrons. The van der Waals surface area contributed by atoms with Gasteiger partial charge in [0.15, 0.2) is 0 Å². The Morgan fingerprint density at radius 2 is 1.89 bits per heavy atom. The second-order valence-electron chi connectivity index (χ2n) is 4.97. The summed E-state index contributed by atoms with van der Waals surface area (Å²) in [5.41, 5.74) is 0. The van der Waals surface area contributed by atoms with Crippen molar-refractivity contribution in [3.05, 3.63) is 30.1 Å². The van der Waals surface area contributed by atoms with Crippen molar-refractivity contribution in [2.45, 2.75) is 51.2 Å². The van der Waals surface area contributed by atoms with Crippen LogP contribution >= 0.6 is 0 Å². The number of carbonyl (C=O) groups excluding carboxylic acids is 1. The molecule has 0 radical (unpaired) electrons. The van der Waals surface area contributed by atoms with Crippen molar-refractivity contribution in [1.82, 2.24) is 5.32 Å². The number of amides is 1. The summed E-state index contributed by atoms with van der Waals surface area (Å²) in [7, 11) is 0. The first-order valence-electron chi connectivity index (χ1n) is 6.89. The summed E-state index contributed by atoms with van der Waals surface area (Å²) in [5.74, 6) is 0.573. The van der Waals surface area contributed by atoms with E-state index in [4.69, 9.17) is 4.74 Å². The van der Waals surface area contributed by atoms with E-state index >= 15 is 0 Å². The predicted octanol–water partition coefficient (Wildman–Crippen LogP) is 3.04. The number of benzene rings is 1. The van der Waals surface area contributed by atoms with Crippen LogP contribution in [0.4, 0.5) is 4.39 Å². The number of hydrogen-bond donors (Lipinski definition) is 1. The SMILES string of the molecule is CCC(=O)NC1CCC(Oc2ccc(F)cc2)CC1. The maximum absolute atomic E-state index is 12.8. The monoisotopic (exact) mass is 265 g/mol. The highest BCUT2D eigenvalue weighted by Gasteiger charge is 2.23. The highest BCUT2D eigenvalue weighted by molar-refractivity contribution is 5.75. The Labute approximate surface area is 113 Å². The number of rotatable bonds is 4. The van der Waals surface area contributed by atoms with E-state index in [0.29, 0.717) is 12.2 Å². The molecule has 0 aliphatic heterocycles. The Balaban J connectivity index is 1.77. The highest BCUT2D eigenvalue weighted by Crippen LogP contribution is 2.24. The van der Waals surface area contributed by atoms with Crippen LogP contribution in [0.15, 0.2) is 24.3 Å². The predicted molar refractivity (Wildman–Crippen MR) is 71.5 cm³/mol. The zero-order valence-electron chi connectivity index (χ0n) is 11.2. The van der Waals surface area contributed by atoms with Gasteiger partial charge < -0.3 is 10.1 Å². The Hall–Kier alpha value is -1.58. The molecule has 0 bridgehead atoms. The van der Waals surface area contributed by atoms with Gasteiger partial charge in [-0.25, -0.2) is 4.39 Å². The maximum atomic E-state index is 12.8. The fraction of sp³-hybridized carbons (Fsp3) is 0.533. The molecule has 0 unspecified atom stereocenters. The zero-order chi connectivity index (χ0) is 13.7. The van der Waals surface area contributed by atoms with Gasteiger partial charge in [-0.05, 0) is 49.9 Å². The Bertz CT molecular complexity index is 411. The van der Waals surface area contributed by atoms with Crippen LogP contribution in [-0.4, -0.2) is 18.1 Å². The Morgan fingerprint density at radius 3 is 2.47 bits per heavy atom. The van der Waals surface area contributed by atoms with Gasteiger partial charge in [-0.1, -0.05) is 6.92 Å². The summed E-state index contributed by atoms with van der Waals surface area (Å²) in [4.78, 5) is 11.3. The van der Waals surface area contributed by atoms with Crippen molar-refractivity contribution in [2.24, 2.45) is 0 Å². The smallest absolute Gasteiger partial charge is 0.219 e. The summed E-state index contributed by atoms with van der Waals surface area (Å²) in [6, 6.07) is 6.39.